The third kappa shape index (κ3) is 21.1. The van der Waals surface area contributed by atoms with Crippen LogP contribution in [0.2, 0.25) is 0 Å². The maximum absolute atomic E-state index is 9.90. The molecule has 0 saturated heterocycles. The Bertz CT molecular complexity index is 684. The van der Waals surface area contributed by atoms with Crippen LogP contribution in [0.4, 0.5) is 0 Å². The predicted molar refractivity (Wildman–Crippen MR) is 153 cm³/mol. The van der Waals surface area contributed by atoms with Crippen molar-refractivity contribution in [3.8, 4) is 11.5 Å². The molecule has 2 aromatic rings. The topological polar surface area (TPSA) is 128 Å². The number of aryl methyl sites for hydroxylation is 4. The van der Waals surface area contributed by atoms with Gasteiger partial charge in [0.15, 0.2) is 0 Å². The first kappa shape index (κ1) is 53.5. The monoisotopic (exact) mass is 610 g/mol. The summed E-state index contributed by atoms with van der Waals surface area (Å²) < 4.78 is 0. The number of benzene rings is 2. The van der Waals surface area contributed by atoms with Crippen molar-refractivity contribution in [2.24, 2.45) is 0 Å². The Kier molecular flexibility index (Phi) is 45.7. The van der Waals surface area contributed by atoms with E-state index in [9.17, 15) is 10.2 Å². The van der Waals surface area contributed by atoms with E-state index in [1.54, 1.807) is 0 Å². The van der Waals surface area contributed by atoms with Crippen molar-refractivity contribution in [3.63, 3.8) is 0 Å². The summed E-state index contributed by atoms with van der Waals surface area (Å²) >= 11 is 0. The number of aliphatic hydroxyl groups excluding tert-OH is 4. The van der Waals surface area contributed by atoms with E-state index in [0.717, 1.165) is 76.9 Å². The molecule has 0 spiro atoms. The van der Waals surface area contributed by atoms with Crippen molar-refractivity contribution in [3.05, 3.63) is 72.5 Å². The van der Waals surface area contributed by atoms with Gasteiger partial charge in [0, 0.05) is 98.1 Å². The van der Waals surface area contributed by atoms with Gasteiger partial charge in [-0.3, -0.25) is 0 Å². The van der Waals surface area contributed by atoms with E-state index in [1.165, 1.54) is 11.1 Å². The molecule has 0 aliphatic heterocycles. The molecule has 0 radical (unpaired) electrons. The Hall–Kier alpha value is -0.771. The molecule has 2 rings (SSSR count). The van der Waals surface area contributed by atoms with Crippen LogP contribution in [0.5, 0.6) is 11.5 Å². The van der Waals surface area contributed by atoms with Crippen molar-refractivity contribution >= 4 is 0 Å². The van der Waals surface area contributed by atoms with Gasteiger partial charge >= 0.3 is 0 Å². The molecule has 8 nitrogen and oxygen atoms in total. The minimum absolute atomic E-state index is 0. The number of nitrogens with zero attached hydrogens (tertiary/aromatic N) is 2. The van der Waals surface area contributed by atoms with E-state index in [0.29, 0.717) is 11.5 Å². The SMILES string of the molecule is CO.CO.CO.CO.Cc1cc(CN(C)CCN(C)Cc2cc(C)c(O)c(C)c2)cc(C)c1O.[CH3-].[CH3-].[Ti].[Ti]. The number of aliphatic hydroxyl groups is 4. The first-order valence-electron chi connectivity index (χ1n) is 10.9. The van der Waals surface area contributed by atoms with Gasteiger partial charge in [0.05, 0.1) is 0 Å². The molecular weight excluding hydrogens is 556 g/mol. The summed E-state index contributed by atoms with van der Waals surface area (Å²) in [5.74, 6) is 0.797. The maximum atomic E-state index is 9.90. The number of phenolic OH excluding ortho intramolecular Hbond substituents is 2. The molecule has 0 aliphatic rings. The van der Waals surface area contributed by atoms with E-state index < -0.39 is 0 Å². The molecule has 0 unspecified atom stereocenters. The quantitative estimate of drug-likeness (QED) is 0.209. The number of phenols is 2. The molecule has 6 N–H and O–H groups in total. The number of likely N-dealkylation sites (N-methyl/N-ethyl adjacent to an activating group) is 2. The van der Waals surface area contributed by atoms with Gasteiger partial charge in [-0.25, -0.2) is 0 Å². The Balaban J connectivity index is -0.000000146. The summed E-state index contributed by atoms with van der Waals surface area (Å²) in [5, 5.41) is 47.8. The van der Waals surface area contributed by atoms with Crippen LogP contribution in [0.25, 0.3) is 0 Å². The van der Waals surface area contributed by atoms with E-state index in [2.05, 4.69) is 48.2 Å². The minimum atomic E-state index is 0. The second kappa shape index (κ2) is 32.4. The molecule has 222 valence electrons. The van der Waals surface area contributed by atoms with Crippen molar-refractivity contribution in [2.75, 3.05) is 55.6 Å². The van der Waals surface area contributed by atoms with E-state index >= 15 is 0 Å². The predicted octanol–water partition coefficient (Wildman–Crippen LogP) is 3.22. The number of hydrogen-bond acceptors (Lipinski definition) is 8. The molecule has 2 aromatic carbocycles. The molecule has 0 bridgehead atoms. The Morgan fingerprint density at radius 1 is 0.500 bits per heavy atom. The molecule has 0 aliphatic carbocycles. The second-order valence-corrected chi connectivity index (χ2v) is 7.63. The van der Waals surface area contributed by atoms with Crippen LogP contribution >= 0.6 is 0 Å². The first-order valence-corrected chi connectivity index (χ1v) is 10.9. The molecule has 0 saturated carbocycles. The van der Waals surface area contributed by atoms with Crippen LogP contribution in [0, 0.1) is 42.5 Å². The van der Waals surface area contributed by atoms with Crippen LogP contribution in [0.15, 0.2) is 24.3 Å². The van der Waals surface area contributed by atoms with Crippen molar-refractivity contribution in [2.45, 2.75) is 40.8 Å². The summed E-state index contributed by atoms with van der Waals surface area (Å²) in [5.41, 5.74) is 6.19. The number of rotatable bonds is 7. The smallest absolute Gasteiger partial charge is 0.121 e. The summed E-state index contributed by atoms with van der Waals surface area (Å²) in [6, 6.07) is 8.24. The van der Waals surface area contributed by atoms with Crippen molar-refractivity contribution < 1.29 is 74.1 Å². The molecule has 0 aromatic heterocycles. The average Bonchev–Trinajstić information content (AvgIpc) is 2.84. The molecule has 0 atom stereocenters. The standard InChI is InChI=1S/C22H32N2O2.4CH4O.2CH3.2Ti/c1-15-9-19(10-16(2)21(15)25)13-23(5)7-8-24(6)14-20-11-17(3)22(26)18(4)12-20;4*1-2;;;;/h9-12,25-26H,7-8,13-14H2,1-6H3;4*2H,1H3;2*1H3;;/q;;;;;2*-1;;. The van der Waals surface area contributed by atoms with Crippen molar-refractivity contribution in [1.29, 1.82) is 0 Å². The Morgan fingerprint density at radius 2 is 0.684 bits per heavy atom. The van der Waals surface area contributed by atoms with Crippen LogP contribution in [0.3, 0.4) is 0 Å². The van der Waals surface area contributed by atoms with Crippen LogP contribution in [-0.4, -0.2) is 96.1 Å². The van der Waals surface area contributed by atoms with Crippen molar-refractivity contribution in [1.82, 2.24) is 9.80 Å². The largest absolute Gasteiger partial charge is 0.507 e. The summed E-state index contributed by atoms with van der Waals surface area (Å²) in [6.45, 7) is 11.4. The Morgan fingerprint density at radius 3 is 0.868 bits per heavy atom. The van der Waals surface area contributed by atoms with Gasteiger partial charge in [-0.2, -0.15) is 0 Å². The molecule has 0 amide bonds. The van der Waals surface area contributed by atoms with Gasteiger partial charge in [-0.15, -0.1) is 0 Å². The zero-order chi connectivity index (χ0) is 27.4. The van der Waals surface area contributed by atoms with Gasteiger partial charge in [-0.05, 0) is 75.2 Å². The molecule has 38 heavy (non-hydrogen) atoms. The van der Waals surface area contributed by atoms with Gasteiger partial charge < -0.3 is 55.3 Å². The fourth-order valence-corrected chi connectivity index (χ4v) is 3.40. The minimum Gasteiger partial charge on any atom is -0.507 e. The molecule has 0 heterocycles. The Labute approximate surface area is 263 Å². The summed E-state index contributed by atoms with van der Waals surface area (Å²) in [4.78, 5) is 4.60. The summed E-state index contributed by atoms with van der Waals surface area (Å²) in [6.07, 6.45) is 0. The third-order valence-corrected chi connectivity index (χ3v) is 4.87. The number of hydrogen-bond donors (Lipinski definition) is 6. The third-order valence-electron chi connectivity index (χ3n) is 4.87. The van der Waals surface area contributed by atoms with Gasteiger partial charge in [-0.1, -0.05) is 24.3 Å². The van der Waals surface area contributed by atoms with Crippen LogP contribution in [0.1, 0.15) is 33.4 Å². The van der Waals surface area contributed by atoms with E-state index in [-0.39, 0.29) is 58.3 Å². The fraction of sp³-hybridized carbons (Fsp3) is 0.500. The average molecular weight is 610 g/mol. The van der Waals surface area contributed by atoms with Gasteiger partial charge in [0.1, 0.15) is 11.5 Å². The first-order chi connectivity index (χ1) is 16.2. The molecule has 0 fully saturated rings. The molecule has 10 heteroatoms. The van der Waals surface area contributed by atoms with E-state index in [1.807, 2.05) is 27.7 Å². The molecular formula is C28H54N2O6Ti2-2. The zero-order valence-corrected chi connectivity index (χ0v) is 28.8. The van der Waals surface area contributed by atoms with E-state index in [4.69, 9.17) is 20.4 Å². The summed E-state index contributed by atoms with van der Waals surface area (Å²) in [7, 11) is 8.25. The zero-order valence-electron chi connectivity index (χ0n) is 25.7. The van der Waals surface area contributed by atoms with Crippen LogP contribution in [-0.2, 0) is 56.5 Å². The fourth-order valence-electron chi connectivity index (χ4n) is 3.40. The van der Waals surface area contributed by atoms with Crippen LogP contribution < -0.4 is 0 Å². The maximum Gasteiger partial charge on any atom is 0.121 e. The van der Waals surface area contributed by atoms with Gasteiger partial charge in [0.25, 0.3) is 0 Å². The second-order valence-electron chi connectivity index (χ2n) is 7.63. The normalized spacial score (nSPS) is 8.53. The number of aromatic hydroxyl groups is 2. The van der Waals surface area contributed by atoms with Gasteiger partial charge in [0.2, 0.25) is 0 Å².